The van der Waals surface area contributed by atoms with Gasteiger partial charge in [0.15, 0.2) is 0 Å². The molecule has 2 amide bonds. The van der Waals surface area contributed by atoms with Gasteiger partial charge in [0.2, 0.25) is 0 Å². The monoisotopic (exact) mass is 226 g/mol. The Bertz CT molecular complexity index is 308. The average Bonchev–Trinajstić information content (AvgIpc) is 2.65. The Morgan fingerprint density at radius 1 is 1.50 bits per heavy atom. The van der Waals surface area contributed by atoms with E-state index in [2.05, 4.69) is 5.32 Å². The second-order valence-electron chi connectivity index (χ2n) is 4.16. The van der Waals surface area contributed by atoms with E-state index in [0.29, 0.717) is 19.5 Å². The zero-order valence-electron chi connectivity index (χ0n) is 9.69. The number of hydrogen-bond donors (Lipinski definition) is 2. The number of nitrogens with one attached hydrogen (secondary N) is 1. The summed E-state index contributed by atoms with van der Waals surface area (Å²) in [6.45, 7) is 4.87. The third kappa shape index (κ3) is 3.25. The molecule has 0 bridgehead atoms. The molecule has 1 fully saturated rings. The van der Waals surface area contributed by atoms with Crippen molar-refractivity contribution in [2.24, 2.45) is 0 Å². The number of rotatable bonds is 3. The lowest BCUT2D eigenvalue weighted by Gasteiger charge is -2.21. The summed E-state index contributed by atoms with van der Waals surface area (Å²) >= 11 is 0. The Labute approximate surface area is 95.1 Å². The van der Waals surface area contributed by atoms with Gasteiger partial charge in [0, 0.05) is 13.1 Å². The molecule has 0 aliphatic carbocycles. The molecule has 0 aromatic heterocycles. The number of allylic oxidation sites excluding steroid dienone is 1. The van der Waals surface area contributed by atoms with Crippen LogP contribution in [0.3, 0.4) is 0 Å². The molecular formula is C11H18N2O3. The molecule has 1 saturated heterocycles. The molecule has 1 heterocycles. The van der Waals surface area contributed by atoms with Crippen LogP contribution in [0.15, 0.2) is 11.6 Å². The lowest BCUT2D eigenvalue weighted by Crippen LogP contribution is -2.46. The maximum atomic E-state index is 11.7. The molecule has 5 nitrogen and oxygen atoms in total. The molecular weight excluding hydrogens is 208 g/mol. The predicted octanol–water partition coefficient (Wildman–Crippen LogP) is 1.21. The number of carboxylic acids is 1. The molecule has 1 atom stereocenters. The maximum absolute atomic E-state index is 11.7. The minimum Gasteiger partial charge on any atom is -0.480 e. The van der Waals surface area contributed by atoms with Gasteiger partial charge in [-0.15, -0.1) is 0 Å². The Morgan fingerprint density at radius 2 is 2.19 bits per heavy atom. The van der Waals surface area contributed by atoms with Gasteiger partial charge in [-0.3, -0.25) is 0 Å². The van der Waals surface area contributed by atoms with Crippen molar-refractivity contribution in [3.8, 4) is 0 Å². The number of amides is 2. The van der Waals surface area contributed by atoms with Crippen LogP contribution in [0.2, 0.25) is 0 Å². The SMILES string of the molecule is CC(C)=CCNC(=O)N1CCCC1C(=O)O. The Balaban J connectivity index is 2.47. The lowest BCUT2D eigenvalue weighted by molar-refractivity contribution is -0.141. The Kier molecular flexibility index (Phi) is 4.34. The van der Waals surface area contributed by atoms with Crippen LogP contribution in [0, 0.1) is 0 Å². The highest BCUT2D eigenvalue weighted by Gasteiger charge is 2.33. The molecule has 0 aromatic rings. The zero-order chi connectivity index (χ0) is 12.1. The minimum absolute atomic E-state index is 0.289. The number of carbonyl (C=O) groups excluding carboxylic acids is 1. The average molecular weight is 226 g/mol. The van der Waals surface area contributed by atoms with E-state index < -0.39 is 12.0 Å². The molecule has 0 aromatic carbocycles. The van der Waals surface area contributed by atoms with Gasteiger partial charge < -0.3 is 15.3 Å². The number of nitrogens with zero attached hydrogens (tertiary/aromatic N) is 1. The Hall–Kier alpha value is -1.52. The maximum Gasteiger partial charge on any atom is 0.326 e. The lowest BCUT2D eigenvalue weighted by atomic mass is 10.2. The van der Waals surface area contributed by atoms with Gasteiger partial charge in [0.1, 0.15) is 6.04 Å². The van der Waals surface area contributed by atoms with Gasteiger partial charge in [-0.25, -0.2) is 9.59 Å². The largest absolute Gasteiger partial charge is 0.480 e. The highest BCUT2D eigenvalue weighted by molar-refractivity contribution is 5.83. The topological polar surface area (TPSA) is 69.6 Å². The fraction of sp³-hybridized carbons (Fsp3) is 0.636. The molecule has 90 valence electrons. The van der Waals surface area contributed by atoms with E-state index in [1.807, 2.05) is 19.9 Å². The summed E-state index contributed by atoms with van der Waals surface area (Å²) in [6.07, 6.45) is 3.20. The molecule has 1 rings (SSSR count). The summed E-state index contributed by atoms with van der Waals surface area (Å²) in [6, 6.07) is -0.950. The smallest absolute Gasteiger partial charge is 0.326 e. The van der Waals surface area contributed by atoms with Crippen LogP contribution in [0.1, 0.15) is 26.7 Å². The highest BCUT2D eigenvalue weighted by Crippen LogP contribution is 2.17. The Morgan fingerprint density at radius 3 is 2.75 bits per heavy atom. The molecule has 16 heavy (non-hydrogen) atoms. The molecule has 1 unspecified atom stereocenters. The van der Waals surface area contributed by atoms with Gasteiger partial charge in [-0.05, 0) is 26.7 Å². The van der Waals surface area contributed by atoms with E-state index >= 15 is 0 Å². The van der Waals surface area contributed by atoms with Crippen LogP contribution in [0.5, 0.6) is 0 Å². The van der Waals surface area contributed by atoms with Crippen molar-refractivity contribution in [2.45, 2.75) is 32.7 Å². The predicted molar refractivity (Wildman–Crippen MR) is 60.2 cm³/mol. The summed E-state index contributed by atoms with van der Waals surface area (Å²) in [4.78, 5) is 23.9. The number of likely N-dealkylation sites (tertiary alicyclic amines) is 1. The minimum atomic E-state index is -0.921. The van der Waals surface area contributed by atoms with Crippen LogP contribution in [0.4, 0.5) is 4.79 Å². The zero-order valence-corrected chi connectivity index (χ0v) is 9.69. The first-order valence-corrected chi connectivity index (χ1v) is 5.43. The molecule has 5 heteroatoms. The number of hydrogen-bond acceptors (Lipinski definition) is 2. The third-order valence-corrected chi connectivity index (χ3v) is 2.56. The van der Waals surface area contributed by atoms with Crippen molar-refractivity contribution < 1.29 is 14.7 Å². The molecule has 0 radical (unpaired) electrons. The van der Waals surface area contributed by atoms with Gasteiger partial charge in [-0.2, -0.15) is 0 Å². The highest BCUT2D eigenvalue weighted by atomic mass is 16.4. The number of urea groups is 1. The summed E-state index contributed by atoms with van der Waals surface area (Å²) in [7, 11) is 0. The second-order valence-corrected chi connectivity index (χ2v) is 4.16. The number of carboxylic acid groups (broad SMARTS) is 1. The van der Waals surface area contributed by atoms with E-state index in [1.54, 1.807) is 0 Å². The van der Waals surface area contributed by atoms with Crippen molar-refractivity contribution in [2.75, 3.05) is 13.1 Å². The fourth-order valence-corrected chi connectivity index (χ4v) is 1.71. The standard InChI is InChI=1S/C11H18N2O3/c1-8(2)5-6-12-11(16)13-7-3-4-9(13)10(14)15/h5,9H,3-4,6-7H2,1-2H3,(H,12,16)(H,14,15). The number of carbonyl (C=O) groups is 2. The molecule has 1 aliphatic heterocycles. The first-order chi connectivity index (χ1) is 7.52. The summed E-state index contributed by atoms with van der Waals surface area (Å²) < 4.78 is 0. The first-order valence-electron chi connectivity index (χ1n) is 5.43. The van der Waals surface area contributed by atoms with Crippen molar-refractivity contribution in [3.05, 3.63) is 11.6 Å². The summed E-state index contributed by atoms with van der Waals surface area (Å²) in [5.74, 6) is -0.921. The van der Waals surface area contributed by atoms with Gasteiger partial charge >= 0.3 is 12.0 Å². The first kappa shape index (κ1) is 12.5. The summed E-state index contributed by atoms with van der Waals surface area (Å²) in [5, 5.41) is 11.6. The molecule has 1 aliphatic rings. The van der Waals surface area contributed by atoms with Gasteiger partial charge in [0.25, 0.3) is 0 Å². The molecule has 0 saturated carbocycles. The van der Waals surface area contributed by atoms with Crippen LogP contribution in [0.25, 0.3) is 0 Å². The summed E-state index contributed by atoms with van der Waals surface area (Å²) in [5.41, 5.74) is 1.12. The van der Waals surface area contributed by atoms with Crippen LogP contribution in [-0.4, -0.2) is 41.1 Å². The van der Waals surface area contributed by atoms with E-state index in [4.69, 9.17) is 5.11 Å². The van der Waals surface area contributed by atoms with E-state index in [9.17, 15) is 9.59 Å². The quantitative estimate of drug-likeness (QED) is 0.711. The third-order valence-electron chi connectivity index (χ3n) is 2.56. The van der Waals surface area contributed by atoms with Crippen molar-refractivity contribution in [1.29, 1.82) is 0 Å². The van der Waals surface area contributed by atoms with Crippen LogP contribution >= 0.6 is 0 Å². The number of aliphatic carboxylic acids is 1. The van der Waals surface area contributed by atoms with Crippen LogP contribution in [-0.2, 0) is 4.79 Å². The molecule has 0 spiro atoms. The van der Waals surface area contributed by atoms with E-state index in [0.717, 1.165) is 12.0 Å². The van der Waals surface area contributed by atoms with Crippen LogP contribution < -0.4 is 5.32 Å². The molecule has 2 N–H and O–H groups in total. The van der Waals surface area contributed by atoms with E-state index in [-0.39, 0.29) is 6.03 Å². The fourth-order valence-electron chi connectivity index (χ4n) is 1.71. The second kappa shape index (κ2) is 5.53. The van der Waals surface area contributed by atoms with Gasteiger partial charge in [0.05, 0.1) is 0 Å². The van der Waals surface area contributed by atoms with Crippen molar-refractivity contribution >= 4 is 12.0 Å². The van der Waals surface area contributed by atoms with Gasteiger partial charge in [-0.1, -0.05) is 11.6 Å². The normalized spacial score (nSPS) is 19.4. The van der Waals surface area contributed by atoms with Crippen molar-refractivity contribution in [3.63, 3.8) is 0 Å². The van der Waals surface area contributed by atoms with Crippen molar-refractivity contribution in [1.82, 2.24) is 10.2 Å². The van der Waals surface area contributed by atoms with E-state index in [1.165, 1.54) is 4.90 Å².